The summed E-state index contributed by atoms with van der Waals surface area (Å²) in [6.07, 6.45) is 3.57. The topological polar surface area (TPSA) is 81.2 Å². The second-order valence-electron chi connectivity index (χ2n) is 4.66. The largest absolute Gasteiger partial charge is 0.496 e. The highest BCUT2D eigenvalue weighted by molar-refractivity contribution is 5.62. The highest BCUT2D eigenvalue weighted by Crippen LogP contribution is 2.30. The fourth-order valence-corrected chi connectivity index (χ4v) is 2.07. The summed E-state index contributed by atoms with van der Waals surface area (Å²) < 4.78 is 10.4. The Morgan fingerprint density at radius 1 is 1.18 bits per heavy atom. The third-order valence-electron chi connectivity index (χ3n) is 3.37. The molecule has 0 heterocycles. The molecule has 22 heavy (non-hydrogen) atoms. The Kier molecular flexibility index (Phi) is 4.95. The molecule has 0 radical (unpaired) electrons. The van der Waals surface area contributed by atoms with E-state index in [1.54, 1.807) is 26.4 Å². The first-order valence-electron chi connectivity index (χ1n) is 6.78. The molecule has 6 nitrogen and oxygen atoms in total. The van der Waals surface area contributed by atoms with Crippen LogP contribution in [0, 0.1) is 0 Å². The van der Waals surface area contributed by atoms with Crippen LogP contribution in [0.15, 0.2) is 64.2 Å². The van der Waals surface area contributed by atoms with Gasteiger partial charge in [0.1, 0.15) is 11.5 Å². The number of methoxy groups -OCH3 is 2. The maximum absolute atomic E-state index is 6.08. The third-order valence-corrected chi connectivity index (χ3v) is 3.37. The predicted molar refractivity (Wildman–Crippen MR) is 87.3 cm³/mol. The van der Waals surface area contributed by atoms with Crippen LogP contribution in [0.4, 0.5) is 11.4 Å². The Labute approximate surface area is 130 Å². The number of allylic oxidation sites excluding steroid dienone is 2. The SMILES string of the molecule is C=C1C(OC)=CC=C(N=Nc2ccc(OC)c(NC)c2)C1N. The number of nitrogens with one attached hydrogen (secondary N) is 1. The summed E-state index contributed by atoms with van der Waals surface area (Å²) in [5, 5.41) is 11.5. The van der Waals surface area contributed by atoms with Crippen molar-refractivity contribution in [1.29, 1.82) is 0 Å². The van der Waals surface area contributed by atoms with E-state index in [2.05, 4.69) is 22.1 Å². The molecule has 6 heteroatoms. The summed E-state index contributed by atoms with van der Waals surface area (Å²) in [7, 11) is 5.02. The molecule has 2 rings (SSSR count). The van der Waals surface area contributed by atoms with Crippen molar-refractivity contribution in [2.75, 3.05) is 26.6 Å². The van der Waals surface area contributed by atoms with Crippen molar-refractivity contribution < 1.29 is 9.47 Å². The van der Waals surface area contributed by atoms with Gasteiger partial charge in [-0.25, -0.2) is 0 Å². The van der Waals surface area contributed by atoms with Gasteiger partial charge in [-0.2, -0.15) is 10.2 Å². The van der Waals surface area contributed by atoms with Gasteiger partial charge in [0.15, 0.2) is 0 Å². The molecule has 0 aromatic heterocycles. The number of benzene rings is 1. The number of nitrogens with two attached hydrogens (primary N) is 1. The number of ether oxygens (including phenoxy) is 2. The second kappa shape index (κ2) is 6.91. The third kappa shape index (κ3) is 3.17. The zero-order valence-electron chi connectivity index (χ0n) is 13.0. The molecule has 1 atom stereocenters. The molecule has 0 aliphatic heterocycles. The Morgan fingerprint density at radius 3 is 2.59 bits per heavy atom. The molecule has 0 bridgehead atoms. The maximum Gasteiger partial charge on any atom is 0.142 e. The van der Waals surface area contributed by atoms with Gasteiger partial charge < -0.3 is 20.5 Å². The van der Waals surface area contributed by atoms with Crippen LogP contribution in [0.3, 0.4) is 0 Å². The van der Waals surface area contributed by atoms with Crippen molar-refractivity contribution in [1.82, 2.24) is 0 Å². The van der Waals surface area contributed by atoms with Crippen molar-refractivity contribution in [3.63, 3.8) is 0 Å². The number of anilines is 1. The van der Waals surface area contributed by atoms with E-state index in [-0.39, 0.29) is 0 Å². The number of hydrogen-bond donors (Lipinski definition) is 2. The summed E-state index contributed by atoms with van der Waals surface area (Å²) >= 11 is 0. The van der Waals surface area contributed by atoms with Crippen LogP contribution in [0.5, 0.6) is 5.75 Å². The lowest BCUT2D eigenvalue weighted by Crippen LogP contribution is -2.27. The molecule has 1 unspecified atom stereocenters. The van der Waals surface area contributed by atoms with Crippen molar-refractivity contribution in [2.45, 2.75) is 6.04 Å². The Morgan fingerprint density at radius 2 is 1.95 bits per heavy atom. The van der Waals surface area contributed by atoms with Gasteiger partial charge in [0, 0.05) is 12.6 Å². The summed E-state index contributed by atoms with van der Waals surface area (Å²) in [6.45, 7) is 3.92. The maximum atomic E-state index is 6.08. The van der Waals surface area contributed by atoms with Gasteiger partial charge in [0.25, 0.3) is 0 Å². The van der Waals surface area contributed by atoms with Crippen LogP contribution in [0.2, 0.25) is 0 Å². The van der Waals surface area contributed by atoms with Gasteiger partial charge in [0.2, 0.25) is 0 Å². The molecule has 0 saturated carbocycles. The zero-order chi connectivity index (χ0) is 16.1. The van der Waals surface area contributed by atoms with Crippen LogP contribution in [-0.4, -0.2) is 27.3 Å². The normalized spacial score (nSPS) is 18.0. The Bertz CT molecular complexity index is 662. The minimum absolute atomic E-state index is 0.425. The lowest BCUT2D eigenvalue weighted by Gasteiger charge is -2.20. The van der Waals surface area contributed by atoms with Crippen LogP contribution in [-0.2, 0) is 4.74 Å². The molecule has 0 spiro atoms. The second-order valence-corrected chi connectivity index (χ2v) is 4.66. The molecule has 116 valence electrons. The van der Waals surface area contributed by atoms with Crippen LogP contribution < -0.4 is 15.8 Å². The van der Waals surface area contributed by atoms with E-state index in [1.807, 2.05) is 25.2 Å². The standard InChI is InChI=1S/C16H20N4O2/c1-10-14(21-3)8-6-12(16(10)17)20-19-11-5-7-15(22-4)13(9-11)18-2/h5-9,16,18H,1,17H2,2-4H3. The summed E-state index contributed by atoms with van der Waals surface area (Å²) in [6, 6.07) is 5.08. The monoisotopic (exact) mass is 300 g/mol. The molecule has 0 amide bonds. The van der Waals surface area contributed by atoms with Crippen LogP contribution in [0.1, 0.15) is 0 Å². The first kappa shape index (κ1) is 15.8. The fourth-order valence-electron chi connectivity index (χ4n) is 2.07. The number of azo groups is 1. The first-order chi connectivity index (χ1) is 10.6. The van der Waals surface area contributed by atoms with Gasteiger partial charge in [-0.3, -0.25) is 0 Å². The molecular formula is C16H20N4O2. The van der Waals surface area contributed by atoms with Crippen LogP contribution in [0.25, 0.3) is 0 Å². The van der Waals surface area contributed by atoms with E-state index >= 15 is 0 Å². The number of rotatable bonds is 5. The minimum atomic E-state index is -0.425. The lowest BCUT2D eigenvalue weighted by atomic mass is 10.00. The van der Waals surface area contributed by atoms with Gasteiger partial charge in [0.05, 0.1) is 37.3 Å². The molecule has 0 fully saturated rings. The quantitative estimate of drug-likeness (QED) is 0.819. The van der Waals surface area contributed by atoms with Crippen molar-refractivity contribution in [3.8, 4) is 5.75 Å². The van der Waals surface area contributed by atoms with Crippen molar-refractivity contribution >= 4 is 11.4 Å². The summed E-state index contributed by atoms with van der Waals surface area (Å²) in [5.74, 6) is 1.41. The molecule has 1 aromatic carbocycles. The Balaban J connectivity index is 2.23. The van der Waals surface area contributed by atoms with E-state index in [4.69, 9.17) is 15.2 Å². The van der Waals surface area contributed by atoms with Gasteiger partial charge in [-0.1, -0.05) is 6.58 Å². The zero-order valence-corrected chi connectivity index (χ0v) is 13.0. The number of nitrogens with zero attached hydrogens (tertiary/aromatic N) is 2. The van der Waals surface area contributed by atoms with E-state index in [1.165, 1.54) is 0 Å². The average molecular weight is 300 g/mol. The average Bonchev–Trinajstić information content (AvgIpc) is 2.56. The lowest BCUT2D eigenvalue weighted by molar-refractivity contribution is 0.296. The van der Waals surface area contributed by atoms with Crippen molar-refractivity contribution in [3.05, 3.63) is 54.0 Å². The smallest absolute Gasteiger partial charge is 0.142 e. The molecule has 1 aromatic rings. The first-order valence-corrected chi connectivity index (χ1v) is 6.78. The minimum Gasteiger partial charge on any atom is -0.496 e. The van der Waals surface area contributed by atoms with Gasteiger partial charge >= 0.3 is 0 Å². The number of hydrogen-bond acceptors (Lipinski definition) is 6. The summed E-state index contributed by atoms with van der Waals surface area (Å²) in [5.41, 5.74) is 8.94. The summed E-state index contributed by atoms with van der Waals surface area (Å²) in [4.78, 5) is 0. The molecule has 3 N–H and O–H groups in total. The van der Waals surface area contributed by atoms with Gasteiger partial charge in [-0.15, -0.1) is 0 Å². The highest BCUT2D eigenvalue weighted by Gasteiger charge is 2.20. The van der Waals surface area contributed by atoms with E-state index in [0.717, 1.165) is 11.4 Å². The van der Waals surface area contributed by atoms with Gasteiger partial charge in [-0.05, 0) is 30.4 Å². The highest BCUT2D eigenvalue weighted by atomic mass is 16.5. The van der Waals surface area contributed by atoms with E-state index in [9.17, 15) is 0 Å². The molecule has 0 saturated heterocycles. The Hall–Kier alpha value is -2.60. The van der Waals surface area contributed by atoms with Crippen LogP contribution >= 0.6 is 0 Å². The molecule has 1 aliphatic carbocycles. The van der Waals surface area contributed by atoms with E-state index in [0.29, 0.717) is 22.7 Å². The molecular weight excluding hydrogens is 280 g/mol. The van der Waals surface area contributed by atoms with E-state index < -0.39 is 6.04 Å². The molecule has 1 aliphatic rings. The van der Waals surface area contributed by atoms with Crippen molar-refractivity contribution in [2.24, 2.45) is 16.0 Å². The fraction of sp³-hybridized carbons (Fsp3) is 0.250. The predicted octanol–water partition coefficient (Wildman–Crippen LogP) is 3.13.